The molecule has 0 heterocycles. The van der Waals surface area contributed by atoms with Crippen molar-refractivity contribution in [1.82, 2.24) is 0 Å². The van der Waals surface area contributed by atoms with Crippen LogP contribution in [0, 0.1) is 5.41 Å². The highest BCUT2D eigenvalue weighted by Crippen LogP contribution is 2.03. The van der Waals surface area contributed by atoms with E-state index in [4.69, 9.17) is 17.0 Å². The van der Waals surface area contributed by atoms with Crippen LogP contribution >= 0.6 is 11.6 Å². The van der Waals surface area contributed by atoms with Gasteiger partial charge in [0.1, 0.15) is 0 Å². The average molecular weight is 144 g/mol. The molecule has 0 aliphatic heterocycles. The van der Waals surface area contributed by atoms with Crippen LogP contribution in [0.25, 0.3) is 0 Å². The van der Waals surface area contributed by atoms with Crippen molar-refractivity contribution >= 4 is 17.8 Å². The lowest BCUT2D eigenvalue weighted by molar-refractivity contribution is 1.23. The lowest BCUT2D eigenvalue weighted by Gasteiger charge is -1.88. The van der Waals surface area contributed by atoms with E-state index in [2.05, 4.69) is 6.58 Å². The Kier molecular flexibility index (Phi) is 4.06. The number of allylic oxidation sites excluding steroid dienone is 3. The van der Waals surface area contributed by atoms with Gasteiger partial charge in [-0.1, -0.05) is 29.8 Å². The van der Waals surface area contributed by atoms with Gasteiger partial charge in [-0.15, -0.1) is 0 Å². The molecule has 1 N–H and O–H groups in total. The summed E-state index contributed by atoms with van der Waals surface area (Å²) in [6.07, 6.45) is 3.63. The second-order valence-electron chi connectivity index (χ2n) is 1.89. The summed E-state index contributed by atoms with van der Waals surface area (Å²) in [7, 11) is 0. The van der Waals surface area contributed by atoms with Crippen LogP contribution in [0.3, 0.4) is 0 Å². The minimum absolute atomic E-state index is 0.470. The SMILES string of the molecule is C=C(C)C/C=C(/Cl)C=N. The third kappa shape index (κ3) is 5.31. The van der Waals surface area contributed by atoms with Gasteiger partial charge in [-0.3, -0.25) is 0 Å². The van der Waals surface area contributed by atoms with Crippen molar-refractivity contribution in [3.8, 4) is 0 Å². The molecule has 0 aliphatic rings. The molecule has 0 saturated carbocycles. The largest absolute Gasteiger partial charge is 0.307 e. The van der Waals surface area contributed by atoms with Gasteiger partial charge in [0, 0.05) is 6.21 Å². The van der Waals surface area contributed by atoms with E-state index < -0.39 is 0 Å². The number of hydrogen-bond acceptors (Lipinski definition) is 1. The minimum atomic E-state index is 0.470. The highest BCUT2D eigenvalue weighted by atomic mass is 35.5. The summed E-state index contributed by atoms with van der Waals surface area (Å²) >= 11 is 5.49. The Hall–Kier alpha value is -0.560. The molecule has 0 atom stereocenters. The zero-order valence-electron chi connectivity index (χ0n) is 5.45. The van der Waals surface area contributed by atoms with Crippen molar-refractivity contribution in [2.24, 2.45) is 0 Å². The molecule has 0 rings (SSSR count). The van der Waals surface area contributed by atoms with Crippen molar-refractivity contribution in [2.45, 2.75) is 13.3 Å². The Balaban J connectivity index is 3.69. The molecule has 0 saturated heterocycles. The predicted octanol–water partition coefficient (Wildman–Crippen LogP) is 2.72. The molecule has 0 amide bonds. The first-order valence-corrected chi connectivity index (χ1v) is 3.05. The average Bonchev–Trinajstić information content (AvgIpc) is 1.83. The van der Waals surface area contributed by atoms with E-state index in [0.29, 0.717) is 5.03 Å². The van der Waals surface area contributed by atoms with Crippen LogP contribution in [0.4, 0.5) is 0 Å². The van der Waals surface area contributed by atoms with Crippen LogP contribution in [-0.4, -0.2) is 6.21 Å². The summed E-state index contributed by atoms with van der Waals surface area (Å²) in [5, 5.41) is 7.17. The fraction of sp³-hybridized carbons (Fsp3) is 0.286. The van der Waals surface area contributed by atoms with Crippen molar-refractivity contribution in [1.29, 1.82) is 5.41 Å². The summed E-state index contributed by atoms with van der Waals surface area (Å²) in [5.41, 5.74) is 1.05. The number of halogens is 1. The van der Waals surface area contributed by atoms with Crippen molar-refractivity contribution in [3.05, 3.63) is 23.3 Å². The lowest BCUT2D eigenvalue weighted by atomic mass is 10.2. The Morgan fingerprint density at radius 3 is 2.67 bits per heavy atom. The van der Waals surface area contributed by atoms with Gasteiger partial charge in [-0.05, 0) is 13.3 Å². The normalized spacial score (nSPS) is 11.1. The molecule has 0 aliphatic carbocycles. The molecule has 0 radical (unpaired) electrons. The van der Waals surface area contributed by atoms with E-state index >= 15 is 0 Å². The molecule has 0 spiro atoms. The van der Waals surface area contributed by atoms with Gasteiger partial charge < -0.3 is 5.41 Å². The summed E-state index contributed by atoms with van der Waals surface area (Å²) in [4.78, 5) is 0. The molecule has 50 valence electrons. The predicted molar refractivity (Wildman–Crippen MR) is 42.2 cm³/mol. The summed E-state index contributed by atoms with van der Waals surface area (Å²) in [6.45, 7) is 5.60. The van der Waals surface area contributed by atoms with Crippen LogP contribution in [0.2, 0.25) is 0 Å². The van der Waals surface area contributed by atoms with Crippen LogP contribution in [-0.2, 0) is 0 Å². The summed E-state index contributed by atoms with van der Waals surface area (Å²) in [5.74, 6) is 0. The van der Waals surface area contributed by atoms with Gasteiger partial charge in [0.25, 0.3) is 0 Å². The van der Waals surface area contributed by atoms with Gasteiger partial charge in [0.2, 0.25) is 0 Å². The fourth-order valence-corrected chi connectivity index (χ4v) is 0.408. The van der Waals surface area contributed by atoms with Gasteiger partial charge in [0.15, 0.2) is 0 Å². The zero-order valence-corrected chi connectivity index (χ0v) is 6.20. The second kappa shape index (κ2) is 4.33. The minimum Gasteiger partial charge on any atom is -0.307 e. The van der Waals surface area contributed by atoms with E-state index in [1.807, 2.05) is 6.92 Å². The monoisotopic (exact) mass is 143 g/mol. The lowest BCUT2D eigenvalue weighted by Crippen LogP contribution is -1.72. The smallest absolute Gasteiger partial charge is 0.0545 e. The fourth-order valence-electron chi connectivity index (χ4n) is 0.331. The number of hydrogen-bond donors (Lipinski definition) is 1. The quantitative estimate of drug-likeness (QED) is 0.464. The van der Waals surface area contributed by atoms with Crippen LogP contribution in [0.15, 0.2) is 23.3 Å². The van der Waals surface area contributed by atoms with E-state index in [9.17, 15) is 0 Å². The van der Waals surface area contributed by atoms with E-state index in [0.717, 1.165) is 18.2 Å². The molecule has 0 bridgehead atoms. The van der Waals surface area contributed by atoms with Crippen molar-refractivity contribution in [3.63, 3.8) is 0 Å². The van der Waals surface area contributed by atoms with Crippen LogP contribution < -0.4 is 0 Å². The first kappa shape index (κ1) is 8.44. The molecular weight excluding hydrogens is 134 g/mol. The number of rotatable bonds is 3. The molecule has 0 unspecified atom stereocenters. The van der Waals surface area contributed by atoms with E-state index in [1.165, 1.54) is 0 Å². The first-order chi connectivity index (χ1) is 4.16. The highest BCUT2D eigenvalue weighted by molar-refractivity contribution is 6.38. The molecule has 0 aromatic heterocycles. The first-order valence-electron chi connectivity index (χ1n) is 2.67. The van der Waals surface area contributed by atoms with Crippen molar-refractivity contribution in [2.75, 3.05) is 0 Å². The van der Waals surface area contributed by atoms with Gasteiger partial charge in [-0.2, -0.15) is 0 Å². The third-order valence-electron chi connectivity index (χ3n) is 0.783. The molecular formula is C7H10ClN. The summed E-state index contributed by atoms with van der Waals surface area (Å²) < 4.78 is 0. The summed E-state index contributed by atoms with van der Waals surface area (Å²) in [6, 6.07) is 0. The molecule has 0 aromatic carbocycles. The zero-order chi connectivity index (χ0) is 7.28. The van der Waals surface area contributed by atoms with Gasteiger partial charge in [0.05, 0.1) is 5.03 Å². The maximum absolute atomic E-state index is 6.70. The second-order valence-corrected chi connectivity index (χ2v) is 2.33. The molecule has 2 heteroatoms. The van der Waals surface area contributed by atoms with Gasteiger partial charge in [-0.25, -0.2) is 0 Å². The Morgan fingerprint density at radius 2 is 2.33 bits per heavy atom. The highest BCUT2D eigenvalue weighted by Gasteiger charge is 1.83. The standard InChI is InChI=1S/C7H10ClN/c1-6(2)3-4-7(8)5-9/h4-5,9H,1,3H2,2H3/b7-4+,9-5?. The van der Waals surface area contributed by atoms with Crippen LogP contribution in [0.5, 0.6) is 0 Å². The molecule has 0 fully saturated rings. The molecule has 0 aromatic rings. The molecule has 9 heavy (non-hydrogen) atoms. The maximum Gasteiger partial charge on any atom is 0.0545 e. The molecule has 1 nitrogen and oxygen atoms in total. The Bertz CT molecular complexity index is 147. The van der Waals surface area contributed by atoms with Crippen LogP contribution in [0.1, 0.15) is 13.3 Å². The van der Waals surface area contributed by atoms with E-state index in [1.54, 1.807) is 6.08 Å². The number of nitrogens with one attached hydrogen (secondary N) is 1. The topological polar surface area (TPSA) is 23.9 Å². The van der Waals surface area contributed by atoms with Crippen molar-refractivity contribution < 1.29 is 0 Å². The van der Waals surface area contributed by atoms with Gasteiger partial charge >= 0.3 is 0 Å². The van der Waals surface area contributed by atoms with E-state index in [-0.39, 0.29) is 0 Å². The third-order valence-corrected chi connectivity index (χ3v) is 1.05. The Labute approximate surface area is 60.5 Å². The maximum atomic E-state index is 6.70. The Morgan fingerprint density at radius 1 is 1.78 bits per heavy atom.